The van der Waals surface area contributed by atoms with Crippen molar-refractivity contribution in [2.45, 2.75) is 172 Å². The van der Waals surface area contributed by atoms with Crippen LogP contribution in [-0.2, 0) is 0 Å². The van der Waals surface area contributed by atoms with Gasteiger partial charge in [0.05, 0.1) is 0 Å². The third kappa shape index (κ3) is 7.71. The van der Waals surface area contributed by atoms with Crippen LogP contribution in [0.3, 0.4) is 0 Å². The van der Waals surface area contributed by atoms with Gasteiger partial charge >= 0.3 is 0 Å². The molecule has 0 nitrogen and oxygen atoms in total. The van der Waals surface area contributed by atoms with Crippen LogP contribution < -0.4 is 0 Å². The Bertz CT molecular complexity index is 737. The predicted octanol–water partition coefficient (Wildman–Crippen LogP) is 12.8. The molecule has 3 fully saturated rings. The van der Waals surface area contributed by atoms with Gasteiger partial charge in [-0.2, -0.15) is 0 Å². The van der Waals surface area contributed by atoms with Crippen LogP contribution in [0.1, 0.15) is 166 Å². The van der Waals surface area contributed by atoms with Gasteiger partial charge in [-0.15, -0.1) is 0 Å². The Morgan fingerprint density at radius 2 is 1.55 bits per heavy atom. The molecule has 0 radical (unpaired) electrons. The molecule has 0 amide bonds. The molecule has 0 bridgehead atoms. The molecule has 0 saturated heterocycles. The first-order valence-electron chi connectivity index (χ1n) is 18.5. The van der Waals surface area contributed by atoms with Crippen molar-refractivity contribution in [3.05, 3.63) is 0 Å². The van der Waals surface area contributed by atoms with E-state index in [1.807, 2.05) is 0 Å². The molecule has 12 atom stereocenters. The van der Waals surface area contributed by atoms with Gasteiger partial charge < -0.3 is 0 Å². The molecule has 0 aliphatic heterocycles. The fourth-order valence-electron chi connectivity index (χ4n) is 11.4. The molecule has 0 heterocycles. The molecule has 0 N–H and O–H groups in total. The summed E-state index contributed by atoms with van der Waals surface area (Å²) in [4.78, 5) is 0. The zero-order valence-electron chi connectivity index (χ0n) is 29.2. The van der Waals surface area contributed by atoms with Crippen LogP contribution in [0.4, 0.5) is 4.39 Å². The lowest BCUT2D eigenvalue weighted by molar-refractivity contribution is -0.00171. The van der Waals surface area contributed by atoms with Crippen LogP contribution in [0.25, 0.3) is 0 Å². The highest BCUT2D eigenvalue weighted by Gasteiger charge is 2.62. The topological polar surface area (TPSA) is 0 Å². The molecule has 12 unspecified atom stereocenters. The summed E-state index contributed by atoms with van der Waals surface area (Å²) in [5.41, 5.74) is 1.02. The second-order valence-corrected chi connectivity index (χ2v) is 17.1. The van der Waals surface area contributed by atoms with E-state index >= 15 is 4.39 Å². The van der Waals surface area contributed by atoms with E-state index in [4.69, 9.17) is 0 Å². The van der Waals surface area contributed by atoms with Crippen molar-refractivity contribution in [3.63, 3.8) is 0 Å². The summed E-state index contributed by atoms with van der Waals surface area (Å²) in [6.07, 6.45) is 17.4. The van der Waals surface area contributed by atoms with Gasteiger partial charge in [0.15, 0.2) is 0 Å². The molecule has 0 aromatic rings. The zero-order chi connectivity index (χ0) is 29.8. The van der Waals surface area contributed by atoms with E-state index < -0.39 is 6.17 Å². The summed E-state index contributed by atoms with van der Waals surface area (Å²) < 4.78 is 15.3. The van der Waals surface area contributed by atoms with Gasteiger partial charge in [-0.1, -0.05) is 134 Å². The predicted molar refractivity (Wildman–Crippen MR) is 175 cm³/mol. The highest BCUT2D eigenvalue weighted by atomic mass is 19.1. The smallest absolute Gasteiger partial charge is 0.101 e. The number of hydrogen-bond donors (Lipinski definition) is 0. The molecular weight excluding hydrogens is 487 g/mol. The van der Waals surface area contributed by atoms with Gasteiger partial charge in [-0.25, -0.2) is 4.39 Å². The lowest BCUT2D eigenvalue weighted by Crippen LogP contribution is -2.41. The van der Waals surface area contributed by atoms with Gasteiger partial charge in [-0.05, 0) is 108 Å². The molecule has 0 spiro atoms. The fourth-order valence-corrected chi connectivity index (χ4v) is 11.4. The molecule has 3 aliphatic rings. The van der Waals surface area contributed by atoms with E-state index in [1.165, 1.54) is 77.0 Å². The molecule has 1 heteroatoms. The number of halogens is 1. The summed E-state index contributed by atoms with van der Waals surface area (Å²) in [5.74, 6) is 8.57. The molecule has 3 saturated carbocycles. The molecule has 236 valence electrons. The lowest BCUT2D eigenvalue weighted by Gasteiger charge is -2.47. The third-order valence-corrected chi connectivity index (χ3v) is 13.8. The van der Waals surface area contributed by atoms with Crippen molar-refractivity contribution in [2.24, 2.45) is 75.9 Å². The minimum absolute atomic E-state index is 0.483. The maximum Gasteiger partial charge on any atom is 0.101 e. The maximum absolute atomic E-state index is 15.3. The maximum atomic E-state index is 15.3. The monoisotopic (exact) mass is 561 g/mol. The second-order valence-electron chi connectivity index (χ2n) is 17.1. The Hall–Kier alpha value is -0.0700. The van der Waals surface area contributed by atoms with Crippen LogP contribution in [0.2, 0.25) is 0 Å². The molecule has 0 aromatic carbocycles. The van der Waals surface area contributed by atoms with Crippen molar-refractivity contribution in [1.82, 2.24) is 0 Å². The van der Waals surface area contributed by atoms with E-state index in [9.17, 15) is 0 Å². The van der Waals surface area contributed by atoms with Gasteiger partial charge in [0, 0.05) is 0 Å². The largest absolute Gasteiger partial charge is 0.247 e. The van der Waals surface area contributed by atoms with Crippen molar-refractivity contribution < 1.29 is 4.39 Å². The SMILES string of the molecule is CCCCC(CC)CC1C(C)CC(F)CC1C(CCC)C1C(C)CC(CCCC2C(C(C)(C)CC)C2(C)C)C1C. The van der Waals surface area contributed by atoms with Crippen molar-refractivity contribution in [3.8, 4) is 0 Å². The van der Waals surface area contributed by atoms with Crippen molar-refractivity contribution in [1.29, 1.82) is 0 Å². The summed E-state index contributed by atoms with van der Waals surface area (Å²) in [5, 5.41) is 0. The number of unbranched alkanes of at least 4 members (excludes halogenated alkanes) is 1. The summed E-state index contributed by atoms with van der Waals surface area (Å²) in [6.45, 7) is 27.2. The first-order chi connectivity index (χ1) is 18.8. The van der Waals surface area contributed by atoms with Crippen LogP contribution in [0.15, 0.2) is 0 Å². The molecule has 3 aliphatic carbocycles. The van der Waals surface area contributed by atoms with Gasteiger partial charge in [0.25, 0.3) is 0 Å². The first kappa shape index (κ1) is 34.4. The van der Waals surface area contributed by atoms with E-state index in [0.717, 1.165) is 66.1 Å². The number of hydrogen-bond acceptors (Lipinski definition) is 0. The van der Waals surface area contributed by atoms with Crippen LogP contribution in [0, 0.1) is 75.9 Å². The normalized spacial score (nSPS) is 39.3. The van der Waals surface area contributed by atoms with Crippen molar-refractivity contribution >= 4 is 0 Å². The average molecular weight is 561 g/mol. The summed E-state index contributed by atoms with van der Waals surface area (Å²) in [7, 11) is 0. The summed E-state index contributed by atoms with van der Waals surface area (Å²) in [6, 6.07) is 0. The van der Waals surface area contributed by atoms with Gasteiger partial charge in [-0.3, -0.25) is 0 Å². The van der Waals surface area contributed by atoms with Crippen LogP contribution in [-0.4, -0.2) is 6.17 Å². The van der Waals surface area contributed by atoms with E-state index in [2.05, 4.69) is 76.2 Å². The highest BCUT2D eigenvalue weighted by molar-refractivity contribution is 5.10. The molecule has 40 heavy (non-hydrogen) atoms. The van der Waals surface area contributed by atoms with Gasteiger partial charge in [0.2, 0.25) is 0 Å². The Balaban J connectivity index is 1.69. The summed E-state index contributed by atoms with van der Waals surface area (Å²) >= 11 is 0. The molecular formula is C39H73F. The Morgan fingerprint density at radius 1 is 0.850 bits per heavy atom. The fraction of sp³-hybridized carbons (Fsp3) is 1.00. The lowest BCUT2D eigenvalue weighted by atomic mass is 9.59. The van der Waals surface area contributed by atoms with E-state index in [1.54, 1.807) is 0 Å². The molecule has 3 rings (SSSR count). The van der Waals surface area contributed by atoms with E-state index in [-0.39, 0.29) is 0 Å². The quantitative estimate of drug-likeness (QED) is 0.176. The minimum Gasteiger partial charge on any atom is -0.247 e. The van der Waals surface area contributed by atoms with E-state index in [0.29, 0.717) is 22.7 Å². The Kier molecular flexibility index (Phi) is 12.6. The third-order valence-electron chi connectivity index (χ3n) is 13.8. The zero-order valence-corrected chi connectivity index (χ0v) is 29.2. The van der Waals surface area contributed by atoms with Crippen LogP contribution >= 0.6 is 0 Å². The Labute approximate surface area is 252 Å². The number of alkyl halides is 1. The average Bonchev–Trinajstić information content (AvgIpc) is 3.35. The van der Waals surface area contributed by atoms with Gasteiger partial charge in [0.1, 0.15) is 6.17 Å². The van der Waals surface area contributed by atoms with Crippen molar-refractivity contribution in [2.75, 3.05) is 0 Å². The highest BCUT2D eigenvalue weighted by Crippen LogP contribution is 2.68. The first-order valence-corrected chi connectivity index (χ1v) is 18.5. The number of rotatable bonds is 16. The Morgan fingerprint density at radius 3 is 2.15 bits per heavy atom. The standard InChI is InChI=1S/C39H73F/c1-12-16-19-29(14-3)24-33-26(5)23-31(40)25-34(33)32(18-13-2)36-27(6)22-30(28(36)7)20-17-21-35-37(39(35,10)11)38(8,9)15-4/h26-37H,12-25H2,1-11H3. The second kappa shape index (κ2) is 14.6. The molecule has 0 aromatic heterocycles. The minimum atomic E-state index is -0.573. The van der Waals surface area contributed by atoms with Crippen LogP contribution in [0.5, 0.6) is 0 Å².